The van der Waals surface area contributed by atoms with Crippen LogP contribution in [-0.4, -0.2) is 30.3 Å². The van der Waals surface area contributed by atoms with Crippen LogP contribution in [0.25, 0.3) is 0 Å². The van der Waals surface area contributed by atoms with Gasteiger partial charge in [-0.1, -0.05) is 35.9 Å². The summed E-state index contributed by atoms with van der Waals surface area (Å²) in [4.78, 5) is 25.4. The Hall–Kier alpha value is -2.40. The summed E-state index contributed by atoms with van der Waals surface area (Å²) in [7, 11) is 1.63. The lowest BCUT2D eigenvalue weighted by Gasteiger charge is -2.18. The Morgan fingerprint density at radius 1 is 1.17 bits per heavy atom. The van der Waals surface area contributed by atoms with Gasteiger partial charge in [-0.3, -0.25) is 9.59 Å². The SMILES string of the molecule is CN(Cc1ccccc1Cl)C(=O)CNC(=O)c1cccc(F)c1. The van der Waals surface area contributed by atoms with Crippen molar-refractivity contribution in [3.05, 3.63) is 70.5 Å². The van der Waals surface area contributed by atoms with Gasteiger partial charge in [0.15, 0.2) is 0 Å². The zero-order valence-electron chi connectivity index (χ0n) is 12.6. The molecule has 0 aliphatic rings. The van der Waals surface area contributed by atoms with Crippen LogP contribution in [0, 0.1) is 5.82 Å². The van der Waals surface area contributed by atoms with Crippen molar-refractivity contribution < 1.29 is 14.0 Å². The minimum absolute atomic E-state index is 0.170. The second-order valence-electron chi connectivity index (χ2n) is 5.03. The molecule has 23 heavy (non-hydrogen) atoms. The Morgan fingerprint density at radius 3 is 2.61 bits per heavy atom. The summed E-state index contributed by atoms with van der Waals surface area (Å²) in [6.45, 7) is 0.171. The third kappa shape index (κ3) is 4.79. The molecule has 1 N–H and O–H groups in total. The number of likely N-dealkylation sites (N-methyl/N-ethyl adjacent to an activating group) is 1. The first kappa shape index (κ1) is 17.0. The molecule has 6 heteroatoms. The molecular formula is C17H16ClFN2O2. The lowest BCUT2D eigenvalue weighted by Crippen LogP contribution is -2.37. The predicted molar refractivity (Wildman–Crippen MR) is 86.7 cm³/mol. The van der Waals surface area contributed by atoms with Crippen molar-refractivity contribution in [2.24, 2.45) is 0 Å². The minimum atomic E-state index is -0.500. The molecular weight excluding hydrogens is 319 g/mol. The van der Waals surface area contributed by atoms with Gasteiger partial charge < -0.3 is 10.2 Å². The van der Waals surface area contributed by atoms with Crippen molar-refractivity contribution in [2.75, 3.05) is 13.6 Å². The van der Waals surface area contributed by atoms with E-state index in [0.717, 1.165) is 11.6 Å². The van der Waals surface area contributed by atoms with Gasteiger partial charge in [0, 0.05) is 24.2 Å². The molecule has 120 valence electrons. The van der Waals surface area contributed by atoms with Crippen LogP contribution in [-0.2, 0) is 11.3 Å². The number of carbonyl (C=O) groups is 2. The summed E-state index contributed by atoms with van der Waals surface area (Å²) in [6.07, 6.45) is 0. The normalized spacial score (nSPS) is 10.2. The van der Waals surface area contributed by atoms with E-state index in [4.69, 9.17) is 11.6 Å². The fourth-order valence-corrected chi connectivity index (χ4v) is 2.19. The van der Waals surface area contributed by atoms with Crippen LogP contribution in [0.2, 0.25) is 5.02 Å². The van der Waals surface area contributed by atoms with Crippen molar-refractivity contribution in [1.82, 2.24) is 10.2 Å². The Kier molecular flexibility index (Phi) is 5.71. The van der Waals surface area contributed by atoms with E-state index >= 15 is 0 Å². The molecule has 0 heterocycles. The van der Waals surface area contributed by atoms with E-state index in [-0.39, 0.29) is 18.0 Å². The summed E-state index contributed by atoms with van der Waals surface area (Å²) >= 11 is 6.05. The number of nitrogens with one attached hydrogen (secondary N) is 1. The molecule has 0 saturated heterocycles. The van der Waals surface area contributed by atoms with E-state index in [0.29, 0.717) is 11.6 Å². The van der Waals surface area contributed by atoms with E-state index in [1.54, 1.807) is 13.1 Å². The van der Waals surface area contributed by atoms with Gasteiger partial charge in [0.05, 0.1) is 6.54 Å². The average molecular weight is 335 g/mol. The quantitative estimate of drug-likeness (QED) is 0.914. The molecule has 2 rings (SSSR count). The number of hydrogen-bond donors (Lipinski definition) is 1. The van der Waals surface area contributed by atoms with E-state index in [9.17, 15) is 14.0 Å². The molecule has 0 atom stereocenters. The second-order valence-corrected chi connectivity index (χ2v) is 5.44. The van der Waals surface area contributed by atoms with Gasteiger partial charge in [0.1, 0.15) is 5.82 Å². The summed E-state index contributed by atoms with van der Waals surface area (Å²) in [5.74, 6) is -1.27. The first-order chi connectivity index (χ1) is 11.0. The van der Waals surface area contributed by atoms with Crippen LogP contribution in [0.1, 0.15) is 15.9 Å². The van der Waals surface area contributed by atoms with Crippen LogP contribution < -0.4 is 5.32 Å². The lowest BCUT2D eigenvalue weighted by molar-refractivity contribution is -0.129. The molecule has 0 aromatic heterocycles. The van der Waals surface area contributed by atoms with Gasteiger partial charge in [-0.2, -0.15) is 0 Å². The standard InChI is InChI=1S/C17H16ClFN2O2/c1-21(11-13-5-2-3-8-15(13)18)16(22)10-20-17(23)12-6-4-7-14(19)9-12/h2-9H,10-11H2,1H3,(H,20,23). The van der Waals surface area contributed by atoms with Crippen LogP contribution in [0.4, 0.5) is 4.39 Å². The molecule has 0 aliphatic heterocycles. The highest BCUT2D eigenvalue weighted by Gasteiger charge is 2.13. The maximum absolute atomic E-state index is 13.1. The van der Waals surface area contributed by atoms with Crippen LogP contribution in [0.5, 0.6) is 0 Å². The van der Waals surface area contributed by atoms with Gasteiger partial charge in [0.25, 0.3) is 5.91 Å². The highest BCUT2D eigenvalue weighted by Crippen LogP contribution is 2.16. The van der Waals surface area contributed by atoms with Gasteiger partial charge >= 0.3 is 0 Å². The van der Waals surface area contributed by atoms with Crippen molar-refractivity contribution >= 4 is 23.4 Å². The second kappa shape index (κ2) is 7.74. The molecule has 2 aromatic carbocycles. The Morgan fingerprint density at radius 2 is 1.91 bits per heavy atom. The Balaban J connectivity index is 1.89. The molecule has 0 bridgehead atoms. The van der Waals surface area contributed by atoms with Gasteiger partial charge in [0.2, 0.25) is 5.91 Å². The topological polar surface area (TPSA) is 49.4 Å². The lowest BCUT2D eigenvalue weighted by atomic mass is 10.2. The van der Waals surface area contributed by atoms with E-state index < -0.39 is 11.7 Å². The smallest absolute Gasteiger partial charge is 0.251 e. The van der Waals surface area contributed by atoms with Gasteiger partial charge in [-0.25, -0.2) is 4.39 Å². The molecule has 0 saturated carbocycles. The molecule has 2 amide bonds. The largest absolute Gasteiger partial charge is 0.343 e. The maximum Gasteiger partial charge on any atom is 0.251 e. The van der Waals surface area contributed by atoms with Crippen molar-refractivity contribution in [2.45, 2.75) is 6.54 Å². The maximum atomic E-state index is 13.1. The summed E-state index contributed by atoms with van der Waals surface area (Å²) in [5, 5.41) is 3.06. The zero-order valence-corrected chi connectivity index (χ0v) is 13.3. The van der Waals surface area contributed by atoms with Gasteiger partial charge in [-0.05, 0) is 29.8 Å². The third-order valence-electron chi connectivity index (χ3n) is 3.28. The molecule has 2 aromatic rings. The first-order valence-corrected chi connectivity index (χ1v) is 7.36. The molecule has 0 spiro atoms. The molecule has 0 aliphatic carbocycles. The third-order valence-corrected chi connectivity index (χ3v) is 3.65. The summed E-state index contributed by atoms with van der Waals surface area (Å²) < 4.78 is 13.1. The molecule has 0 radical (unpaired) electrons. The van der Waals surface area contributed by atoms with Crippen molar-refractivity contribution in [3.63, 3.8) is 0 Å². The number of rotatable bonds is 5. The molecule has 4 nitrogen and oxygen atoms in total. The van der Waals surface area contributed by atoms with E-state index in [1.165, 1.54) is 23.1 Å². The number of benzene rings is 2. The highest BCUT2D eigenvalue weighted by molar-refractivity contribution is 6.31. The van der Waals surface area contributed by atoms with E-state index in [2.05, 4.69) is 5.32 Å². The number of halogens is 2. The van der Waals surface area contributed by atoms with Crippen LogP contribution in [0.15, 0.2) is 48.5 Å². The van der Waals surface area contributed by atoms with Crippen molar-refractivity contribution in [3.8, 4) is 0 Å². The zero-order chi connectivity index (χ0) is 16.8. The monoisotopic (exact) mass is 334 g/mol. The predicted octanol–water partition coefficient (Wildman–Crippen LogP) is 2.87. The molecule has 0 fully saturated rings. The summed E-state index contributed by atoms with van der Waals surface area (Å²) in [5.41, 5.74) is 0.994. The number of nitrogens with zero attached hydrogens (tertiary/aromatic N) is 1. The van der Waals surface area contributed by atoms with Crippen LogP contribution in [0.3, 0.4) is 0 Å². The number of amides is 2. The fourth-order valence-electron chi connectivity index (χ4n) is 1.99. The fraction of sp³-hybridized carbons (Fsp3) is 0.176. The minimum Gasteiger partial charge on any atom is -0.343 e. The number of carbonyl (C=O) groups excluding carboxylic acids is 2. The Bertz CT molecular complexity index is 721. The van der Waals surface area contributed by atoms with Crippen LogP contribution >= 0.6 is 11.6 Å². The van der Waals surface area contributed by atoms with Gasteiger partial charge in [-0.15, -0.1) is 0 Å². The number of hydrogen-bond acceptors (Lipinski definition) is 2. The van der Waals surface area contributed by atoms with E-state index in [1.807, 2.05) is 18.2 Å². The van der Waals surface area contributed by atoms with Crippen molar-refractivity contribution in [1.29, 1.82) is 0 Å². The Labute approximate surface area is 138 Å². The molecule has 0 unspecified atom stereocenters. The first-order valence-electron chi connectivity index (χ1n) is 6.98. The average Bonchev–Trinajstić information content (AvgIpc) is 2.54. The highest BCUT2D eigenvalue weighted by atomic mass is 35.5. The summed E-state index contributed by atoms with van der Waals surface area (Å²) in [6, 6.07) is 12.5.